The van der Waals surface area contributed by atoms with Crippen molar-refractivity contribution >= 4 is 22.1 Å². The summed E-state index contributed by atoms with van der Waals surface area (Å²) in [4.78, 5) is 4.74. The molecule has 0 fully saturated rings. The van der Waals surface area contributed by atoms with Crippen molar-refractivity contribution in [2.75, 3.05) is 0 Å². The van der Waals surface area contributed by atoms with E-state index in [0.29, 0.717) is 0 Å². The van der Waals surface area contributed by atoms with E-state index < -0.39 is 0 Å². The minimum atomic E-state index is 1.01. The summed E-state index contributed by atoms with van der Waals surface area (Å²) < 4.78 is 2.26. The molecule has 0 N–H and O–H groups in total. The lowest BCUT2D eigenvalue weighted by atomic mass is 10.2. The van der Waals surface area contributed by atoms with Crippen molar-refractivity contribution in [2.45, 2.75) is 0 Å². The van der Waals surface area contributed by atoms with Gasteiger partial charge in [0.1, 0.15) is 11.0 Å². The number of rotatable bonds is 1. The van der Waals surface area contributed by atoms with Crippen LogP contribution >= 0.6 is 0 Å². The van der Waals surface area contributed by atoms with E-state index in [0.717, 1.165) is 27.8 Å². The van der Waals surface area contributed by atoms with E-state index in [2.05, 4.69) is 65.2 Å². The molecule has 2 heteroatoms. The van der Waals surface area contributed by atoms with E-state index in [1.807, 2.05) is 18.2 Å². The van der Waals surface area contributed by atoms with Crippen molar-refractivity contribution < 1.29 is 4.57 Å². The van der Waals surface area contributed by atoms with E-state index in [1.54, 1.807) is 0 Å². The highest BCUT2D eigenvalue weighted by Gasteiger charge is 2.17. The van der Waals surface area contributed by atoms with E-state index in [-0.39, 0.29) is 0 Å². The predicted molar refractivity (Wildman–Crippen MR) is 80.8 cm³/mol. The molecule has 0 spiro atoms. The fraction of sp³-hybridized carbons (Fsp3) is 0. The van der Waals surface area contributed by atoms with Gasteiger partial charge in [0.25, 0.3) is 0 Å². The van der Waals surface area contributed by atoms with E-state index in [9.17, 15) is 0 Å². The normalized spacial score (nSPS) is 11.0. The second-order valence-electron chi connectivity index (χ2n) is 4.76. The van der Waals surface area contributed by atoms with Gasteiger partial charge in [-0.15, -0.1) is 4.57 Å². The molecular weight excluding hydrogens is 244 g/mol. The van der Waals surface area contributed by atoms with Gasteiger partial charge in [-0.25, -0.2) is 4.98 Å². The van der Waals surface area contributed by atoms with Gasteiger partial charge < -0.3 is 0 Å². The molecule has 3 aromatic carbocycles. The molecule has 0 amide bonds. The lowest BCUT2D eigenvalue weighted by molar-refractivity contribution is -0.538. The smallest absolute Gasteiger partial charge is 0.235 e. The molecule has 0 saturated heterocycles. The van der Waals surface area contributed by atoms with Crippen molar-refractivity contribution in [1.82, 2.24) is 4.98 Å². The largest absolute Gasteiger partial charge is 0.237 e. The molecule has 0 aliphatic rings. The van der Waals surface area contributed by atoms with Gasteiger partial charge in [-0.2, -0.15) is 0 Å². The first kappa shape index (κ1) is 11.1. The average Bonchev–Trinajstić information content (AvgIpc) is 2.53. The number of aromatic nitrogens is 2. The fourth-order valence-corrected chi connectivity index (χ4v) is 2.61. The highest BCUT2D eigenvalue weighted by atomic mass is 15.0. The quantitative estimate of drug-likeness (QED) is 0.375. The Balaban J connectivity index is 2.24. The van der Waals surface area contributed by atoms with Gasteiger partial charge in [-0.1, -0.05) is 42.5 Å². The molecule has 0 unspecified atom stereocenters. The summed E-state index contributed by atoms with van der Waals surface area (Å²) in [5.41, 5.74) is 5.42. The van der Waals surface area contributed by atoms with Gasteiger partial charge in [-0.05, 0) is 12.1 Å². The Morgan fingerprint density at radius 2 is 1.05 bits per heavy atom. The molecule has 0 saturated carbocycles. The summed E-state index contributed by atoms with van der Waals surface area (Å²) in [5.74, 6) is 0. The van der Waals surface area contributed by atoms with Gasteiger partial charge in [-0.3, -0.25) is 0 Å². The zero-order valence-corrected chi connectivity index (χ0v) is 10.9. The Bertz CT molecular complexity index is 845. The van der Waals surface area contributed by atoms with Gasteiger partial charge in [0.15, 0.2) is 0 Å². The molecular formula is C18H13N2+. The molecule has 0 atom stereocenters. The molecule has 20 heavy (non-hydrogen) atoms. The molecule has 0 aliphatic carbocycles. The van der Waals surface area contributed by atoms with E-state index >= 15 is 0 Å². The van der Waals surface area contributed by atoms with Gasteiger partial charge in [0, 0.05) is 24.3 Å². The second kappa shape index (κ2) is 4.42. The van der Waals surface area contributed by atoms with Gasteiger partial charge in [0.2, 0.25) is 16.7 Å². The van der Waals surface area contributed by atoms with Crippen LogP contribution in [0.15, 0.2) is 78.9 Å². The number of para-hydroxylation sites is 5. The van der Waals surface area contributed by atoms with Crippen LogP contribution in [0.25, 0.3) is 27.8 Å². The van der Waals surface area contributed by atoms with Crippen LogP contribution in [0.1, 0.15) is 0 Å². The van der Waals surface area contributed by atoms with Crippen molar-refractivity contribution in [3.63, 3.8) is 0 Å². The summed E-state index contributed by atoms with van der Waals surface area (Å²) >= 11 is 0. The third-order valence-corrected chi connectivity index (χ3v) is 3.50. The first-order valence-corrected chi connectivity index (χ1v) is 6.68. The highest BCUT2D eigenvalue weighted by molar-refractivity contribution is 5.82. The summed E-state index contributed by atoms with van der Waals surface area (Å²) in [7, 11) is 0. The zero-order chi connectivity index (χ0) is 13.4. The monoisotopic (exact) mass is 257 g/mol. The molecule has 4 aromatic rings. The maximum atomic E-state index is 4.74. The van der Waals surface area contributed by atoms with Crippen LogP contribution in [0.5, 0.6) is 0 Å². The SMILES string of the molecule is c1ccc(-[n+]2c3ccccc3nc3ccccc32)cc1. The van der Waals surface area contributed by atoms with Crippen molar-refractivity contribution in [3.05, 3.63) is 78.9 Å². The van der Waals surface area contributed by atoms with Crippen molar-refractivity contribution in [1.29, 1.82) is 0 Å². The minimum absolute atomic E-state index is 1.01. The van der Waals surface area contributed by atoms with Gasteiger partial charge in [0.05, 0.1) is 0 Å². The average molecular weight is 257 g/mol. The molecule has 1 heterocycles. The number of benzene rings is 3. The molecule has 0 aliphatic heterocycles. The Kier molecular flexibility index (Phi) is 2.46. The van der Waals surface area contributed by atoms with Crippen LogP contribution in [-0.2, 0) is 0 Å². The summed E-state index contributed by atoms with van der Waals surface area (Å²) in [6.45, 7) is 0. The standard InChI is InChI=1S/C18H13N2/c1-2-8-14(9-3-1)20-17-12-6-4-10-15(17)19-16-11-5-7-13-18(16)20/h1-13H/q+1. The van der Waals surface area contributed by atoms with Crippen LogP contribution in [-0.4, -0.2) is 4.98 Å². The maximum absolute atomic E-state index is 4.74. The van der Waals surface area contributed by atoms with Crippen molar-refractivity contribution in [3.8, 4) is 5.69 Å². The third-order valence-electron chi connectivity index (χ3n) is 3.50. The Morgan fingerprint density at radius 1 is 0.550 bits per heavy atom. The van der Waals surface area contributed by atoms with Crippen LogP contribution in [0.4, 0.5) is 0 Å². The fourth-order valence-electron chi connectivity index (χ4n) is 2.61. The van der Waals surface area contributed by atoms with Crippen LogP contribution in [0.3, 0.4) is 0 Å². The molecule has 94 valence electrons. The molecule has 2 nitrogen and oxygen atoms in total. The lowest BCUT2D eigenvalue weighted by Gasteiger charge is -2.04. The van der Waals surface area contributed by atoms with Crippen LogP contribution in [0.2, 0.25) is 0 Å². The summed E-state index contributed by atoms with van der Waals surface area (Å²) in [6.07, 6.45) is 0. The zero-order valence-electron chi connectivity index (χ0n) is 10.9. The highest BCUT2D eigenvalue weighted by Crippen LogP contribution is 2.16. The Hall–Kier alpha value is -2.74. The first-order valence-electron chi connectivity index (χ1n) is 6.68. The molecule has 0 bridgehead atoms. The van der Waals surface area contributed by atoms with E-state index in [4.69, 9.17) is 4.98 Å². The Morgan fingerprint density at radius 3 is 1.65 bits per heavy atom. The third kappa shape index (κ3) is 1.66. The number of hydrogen-bond donors (Lipinski definition) is 0. The van der Waals surface area contributed by atoms with Gasteiger partial charge >= 0.3 is 0 Å². The molecule has 1 aromatic heterocycles. The molecule has 4 rings (SSSR count). The lowest BCUT2D eigenvalue weighted by Crippen LogP contribution is -2.33. The summed E-state index contributed by atoms with van der Waals surface area (Å²) in [6, 6.07) is 26.9. The minimum Gasteiger partial charge on any atom is -0.235 e. The van der Waals surface area contributed by atoms with E-state index in [1.165, 1.54) is 0 Å². The predicted octanol–water partition coefficient (Wildman–Crippen LogP) is 3.66. The second-order valence-corrected chi connectivity index (χ2v) is 4.76. The Labute approximate surface area is 117 Å². The number of nitrogens with zero attached hydrogens (tertiary/aromatic N) is 2. The molecule has 0 radical (unpaired) electrons. The summed E-state index contributed by atoms with van der Waals surface area (Å²) in [5, 5.41) is 0. The van der Waals surface area contributed by atoms with Crippen LogP contribution < -0.4 is 4.57 Å². The van der Waals surface area contributed by atoms with Crippen molar-refractivity contribution in [2.24, 2.45) is 0 Å². The topological polar surface area (TPSA) is 16.8 Å². The van der Waals surface area contributed by atoms with Crippen LogP contribution in [0, 0.1) is 0 Å². The number of hydrogen-bond acceptors (Lipinski definition) is 1. The first-order chi connectivity index (χ1) is 9.93. The number of fused-ring (bicyclic) bond motifs is 2. The maximum Gasteiger partial charge on any atom is 0.237 e.